The van der Waals surface area contributed by atoms with E-state index < -0.39 is 11.4 Å². The number of aliphatic carboxylic acids is 1. The summed E-state index contributed by atoms with van der Waals surface area (Å²) in [5, 5.41) is 9.56. The number of carboxylic acids is 1. The van der Waals surface area contributed by atoms with E-state index in [1.807, 2.05) is 31.2 Å². The average molecular weight is 335 g/mol. The van der Waals surface area contributed by atoms with Crippen molar-refractivity contribution in [3.63, 3.8) is 0 Å². The summed E-state index contributed by atoms with van der Waals surface area (Å²) in [6.07, 6.45) is 1.46. The SMILES string of the molecule is CCOc1ccc(CC(=O)N2CCCC(COC)(C(=O)O)C2)cc1. The minimum Gasteiger partial charge on any atom is -0.494 e. The van der Waals surface area contributed by atoms with Gasteiger partial charge in [0, 0.05) is 20.2 Å². The number of benzene rings is 1. The van der Waals surface area contributed by atoms with Crippen LogP contribution in [0.25, 0.3) is 0 Å². The zero-order valence-corrected chi connectivity index (χ0v) is 14.3. The Morgan fingerprint density at radius 3 is 2.58 bits per heavy atom. The molecule has 1 aliphatic rings. The largest absolute Gasteiger partial charge is 0.494 e. The number of piperidine rings is 1. The van der Waals surface area contributed by atoms with E-state index in [4.69, 9.17) is 9.47 Å². The third-order valence-electron chi connectivity index (χ3n) is 4.39. The lowest BCUT2D eigenvalue weighted by Gasteiger charge is -2.39. The molecular formula is C18H25NO5. The van der Waals surface area contributed by atoms with Crippen molar-refractivity contribution in [2.45, 2.75) is 26.2 Å². The second-order valence-corrected chi connectivity index (χ2v) is 6.19. The van der Waals surface area contributed by atoms with Crippen LogP contribution in [0.1, 0.15) is 25.3 Å². The first-order valence-corrected chi connectivity index (χ1v) is 8.22. The first kappa shape index (κ1) is 18.3. The number of likely N-dealkylation sites (tertiary alicyclic amines) is 1. The van der Waals surface area contributed by atoms with Crippen molar-refractivity contribution in [3.8, 4) is 5.75 Å². The Labute approximate surface area is 142 Å². The topological polar surface area (TPSA) is 76.1 Å². The number of carbonyl (C=O) groups is 2. The van der Waals surface area contributed by atoms with Gasteiger partial charge in [0.1, 0.15) is 11.2 Å². The summed E-state index contributed by atoms with van der Waals surface area (Å²) in [6, 6.07) is 7.42. The van der Waals surface area contributed by atoms with Crippen molar-refractivity contribution in [1.29, 1.82) is 0 Å². The van der Waals surface area contributed by atoms with E-state index >= 15 is 0 Å². The Morgan fingerprint density at radius 1 is 1.29 bits per heavy atom. The Balaban J connectivity index is 2.02. The molecule has 2 rings (SSSR count). The van der Waals surface area contributed by atoms with Gasteiger partial charge in [-0.3, -0.25) is 9.59 Å². The van der Waals surface area contributed by atoms with Gasteiger partial charge in [-0.1, -0.05) is 12.1 Å². The molecule has 1 N–H and O–H groups in total. The number of amides is 1. The van der Waals surface area contributed by atoms with E-state index in [0.717, 1.165) is 11.3 Å². The zero-order chi connectivity index (χ0) is 17.6. The first-order valence-electron chi connectivity index (χ1n) is 8.22. The number of carbonyl (C=O) groups excluding carboxylic acids is 1. The number of carboxylic acid groups (broad SMARTS) is 1. The summed E-state index contributed by atoms with van der Waals surface area (Å²) in [5.74, 6) is -0.180. The van der Waals surface area contributed by atoms with Crippen LogP contribution in [0.4, 0.5) is 0 Å². The summed E-state index contributed by atoms with van der Waals surface area (Å²) in [6.45, 7) is 3.43. The number of nitrogens with zero attached hydrogens (tertiary/aromatic N) is 1. The molecule has 0 aromatic heterocycles. The van der Waals surface area contributed by atoms with Crippen molar-refractivity contribution in [2.24, 2.45) is 5.41 Å². The molecule has 1 aliphatic heterocycles. The Bertz CT molecular complexity index is 567. The third-order valence-corrected chi connectivity index (χ3v) is 4.39. The van der Waals surface area contributed by atoms with Crippen LogP contribution in [0.15, 0.2) is 24.3 Å². The third kappa shape index (κ3) is 4.26. The zero-order valence-electron chi connectivity index (χ0n) is 14.3. The Hall–Kier alpha value is -2.08. The highest BCUT2D eigenvalue weighted by molar-refractivity contribution is 5.81. The van der Waals surface area contributed by atoms with Crippen LogP contribution < -0.4 is 4.74 Å². The molecule has 1 saturated heterocycles. The number of hydrogen-bond acceptors (Lipinski definition) is 4. The Morgan fingerprint density at radius 2 is 2.00 bits per heavy atom. The lowest BCUT2D eigenvalue weighted by molar-refractivity contribution is -0.159. The molecule has 1 fully saturated rings. The smallest absolute Gasteiger partial charge is 0.313 e. The molecule has 0 spiro atoms. The summed E-state index contributed by atoms with van der Waals surface area (Å²) < 4.78 is 10.5. The van der Waals surface area contributed by atoms with E-state index in [1.54, 1.807) is 4.90 Å². The van der Waals surface area contributed by atoms with Crippen LogP contribution >= 0.6 is 0 Å². The molecule has 1 aromatic rings. The molecule has 1 heterocycles. The fourth-order valence-electron chi connectivity index (χ4n) is 3.13. The minimum absolute atomic E-state index is 0.0550. The lowest BCUT2D eigenvalue weighted by atomic mass is 9.80. The summed E-state index contributed by atoms with van der Waals surface area (Å²) in [4.78, 5) is 25.9. The van der Waals surface area contributed by atoms with Crippen LogP contribution in [0.2, 0.25) is 0 Å². The number of rotatable bonds is 7. The monoisotopic (exact) mass is 335 g/mol. The van der Waals surface area contributed by atoms with Gasteiger partial charge in [0.05, 0.1) is 19.6 Å². The molecule has 24 heavy (non-hydrogen) atoms. The summed E-state index contributed by atoms with van der Waals surface area (Å²) >= 11 is 0. The molecule has 1 atom stereocenters. The maximum atomic E-state index is 12.6. The van der Waals surface area contributed by atoms with Gasteiger partial charge in [0.15, 0.2) is 0 Å². The average Bonchev–Trinajstić information content (AvgIpc) is 2.57. The van der Waals surface area contributed by atoms with Crippen molar-refractivity contribution >= 4 is 11.9 Å². The van der Waals surface area contributed by atoms with Gasteiger partial charge in [-0.25, -0.2) is 0 Å². The van der Waals surface area contributed by atoms with E-state index in [0.29, 0.717) is 26.0 Å². The molecule has 6 nitrogen and oxygen atoms in total. The predicted octanol–water partition coefficient (Wildman–Crippen LogP) is 1.97. The van der Waals surface area contributed by atoms with Gasteiger partial charge in [-0.2, -0.15) is 0 Å². The molecule has 6 heteroatoms. The lowest BCUT2D eigenvalue weighted by Crippen LogP contribution is -2.52. The van der Waals surface area contributed by atoms with E-state index in [-0.39, 0.29) is 25.5 Å². The van der Waals surface area contributed by atoms with Crippen LogP contribution in [0, 0.1) is 5.41 Å². The van der Waals surface area contributed by atoms with E-state index in [1.165, 1.54) is 7.11 Å². The van der Waals surface area contributed by atoms with Crippen LogP contribution in [-0.2, 0) is 20.7 Å². The minimum atomic E-state index is -0.999. The van der Waals surface area contributed by atoms with Gasteiger partial charge in [0.25, 0.3) is 0 Å². The fraction of sp³-hybridized carbons (Fsp3) is 0.556. The molecule has 1 unspecified atom stereocenters. The van der Waals surface area contributed by atoms with Gasteiger partial charge in [-0.15, -0.1) is 0 Å². The van der Waals surface area contributed by atoms with Gasteiger partial charge < -0.3 is 19.5 Å². The van der Waals surface area contributed by atoms with Crippen LogP contribution in [-0.4, -0.2) is 55.3 Å². The van der Waals surface area contributed by atoms with Crippen molar-refractivity contribution in [3.05, 3.63) is 29.8 Å². The molecule has 0 aliphatic carbocycles. The molecule has 1 amide bonds. The highest BCUT2D eigenvalue weighted by atomic mass is 16.5. The molecule has 0 radical (unpaired) electrons. The van der Waals surface area contributed by atoms with Gasteiger partial charge >= 0.3 is 5.97 Å². The fourth-order valence-corrected chi connectivity index (χ4v) is 3.13. The molecule has 132 valence electrons. The van der Waals surface area contributed by atoms with Crippen molar-refractivity contribution in [2.75, 3.05) is 33.4 Å². The highest BCUT2D eigenvalue weighted by Crippen LogP contribution is 2.31. The van der Waals surface area contributed by atoms with Crippen LogP contribution in [0.5, 0.6) is 5.75 Å². The second-order valence-electron chi connectivity index (χ2n) is 6.19. The Kier molecular flexibility index (Phi) is 6.20. The van der Waals surface area contributed by atoms with E-state index in [9.17, 15) is 14.7 Å². The second kappa shape index (κ2) is 8.15. The molecule has 1 aromatic carbocycles. The summed E-state index contributed by atoms with van der Waals surface area (Å²) in [7, 11) is 1.49. The number of hydrogen-bond donors (Lipinski definition) is 1. The summed E-state index contributed by atoms with van der Waals surface area (Å²) in [5.41, 5.74) is -0.108. The maximum Gasteiger partial charge on any atom is 0.313 e. The standard InChI is InChI=1S/C18H25NO5/c1-3-24-15-7-5-14(6-8-15)11-16(20)19-10-4-9-18(12-19,13-23-2)17(21)22/h5-8H,3-4,9-13H2,1-2H3,(H,21,22). The normalized spacial score (nSPS) is 20.7. The first-order chi connectivity index (χ1) is 11.5. The molecule has 0 saturated carbocycles. The van der Waals surface area contributed by atoms with Crippen LogP contribution in [0.3, 0.4) is 0 Å². The predicted molar refractivity (Wildman–Crippen MR) is 89.1 cm³/mol. The van der Waals surface area contributed by atoms with Crippen molar-refractivity contribution < 1.29 is 24.2 Å². The quantitative estimate of drug-likeness (QED) is 0.824. The van der Waals surface area contributed by atoms with E-state index in [2.05, 4.69) is 0 Å². The highest BCUT2D eigenvalue weighted by Gasteiger charge is 2.43. The molecule has 0 bridgehead atoms. The van der Waals surface area contributed by atoms with Gasteiger partial charge in [-0.05, 0) is 37.5 Å². The number of ether oxygens (including phenoxy) is 2. The van der Waals surface area contributed by atoms with Gasteiger partial charge in [0.2, 0.25) is 5.91 Å². The number of methoxy groups -OCH3 is 1. The maximum absolute atomic E-state index is 12.6. The van der Waals surface area contributed by atoms with Crippen molar-refractivity contribution in [1.82, 2.24) is 4.90 Å². The molecular weight excluding hydrogens is 310 g/mol.